The van der Waals surface area contributed by atoms with Crippen molar-refractivity contribution in [2.45, 2.75) is 57.9 Å². The molecule has 1 aromatic rings. The highest BCUT2D eigenvalue weighted by Gasteiger charge is 2.29. The van der Waals surface area contributed by atoms with E-state index < -0.39 is 10.0 Å². The van der Waals surface area contributed by atoms with E-state index in [1.54, 1.807) is 29.4 Å². The van der Waals surface area contributed by atoms with E-state index in [1.807, 2.05) is 13.8 Å². The predicted octanol–water partition coefficient (Wildman–Crippen LogP) is 3.17. The molecule has 0 heterocycles. The van der Waals surface area contributed by atoms with E-state index in [4.69, 9.17) is 5.73 Å². The lowest BCUT2D eigenvalue weighted by Gasteiger charge is -2.28. The van der Waals surface area contributed by atoms with Gasteiger partial charge >= 0.3 is 0 Å². The topological polar surface area (TPSA) is 63.4 Å². The average molecular weight is 298 g/mol. The standard InChI is InChI=1S/C15H26N2O2S/c1-5-7-10-17(13(4)6-2)20(18,19)15-11-14(16)9-8-12(15)3/h8-9,11,13H,5-7,10,16H2,1-4H3. The fourth-order valence-corrected chi connectivity index (χ4v) is 4.12. The molecule has 0 aliphatic carbocycles. The predicted molar refractivity (Wildman–Crippen MR) is 84.1 cm³/mol. The summed E-state index contributed by atoms with van der Waals surface area (Å²) in [7, 11) is -3.48. The molecule has 1 atom stereocenters. The minimum atomic E-state index is -3.48. The van der Waals surface area contributed by atoms with Gasteiger partial charge in [0.1, 0.15) is 0 Å². The Labute approximate surface area is 123 Å². The van der Waals surface area contributed by atoms with E-state index in [2.05, 4.69) is 6.92 Å². The molecule has 0 aliphatic rings. The van der Waals surface area contributed by atoms with Crippen LogP contribution in [0.1, 0.15) is 45.6 Å². The summed E-state index contributed by atoms with van der Waals surface area (Å²) in [5, 5.41) is 0. The van der Waals surface area contributed by atoms with Gasteiger partial charge in [-0.3, -0.25) is 0 Å². The van der Waals surface area contributed by atoms with Crippen molar-refractivity contribution in [1.82, 2.24) is 4.31 Å². The molecular weight excluding hydrogens is 272 g/mol. The van der Waals surface area contributed by atoms with Gasteiger partial charge in [-0.1, -0.05) is 26.3 Å². The highest BCUT2D eigenvalue weighted by Crippen LogP contribution is 2.25. The van der Waals surface area contributed by atoms with Crippen molar-refractivity contribution in [2.24, 2.45) is 0 Å². The zero-order valence-electron chi connectivity index (χ0n) is 12.9. The number of unbranched alkanes of at least 4 members (excludes halogenated alkanes) is 1. The third kappa shape index (κ3) is 3.73. The summed E-state index contributed by atoms with van der Waals surface area (Å²) in [4.78, 5) is 0.328. The Morgan fingerprint density at radius 1 is 1.30 bits per heavy atom. The van der Waals surface area contributed by atoms with Gasteiger partial charge in [0.15, 0.2) is 0 Å². The van der Waals surface area contributed by atoms with Crippen LogP contribution in [0.4, 0.5) is 5.69 Å². The summed E-state index contributed by atoms with van der Waals surface area (Å²) in [6.45, 7) is 8.39. The minimum Gasteiger partial charge on any atom is -0.399 e. The number of anilines is 1. The lowest BCUT2D eigenvalue weighted by molar-refractivity contribution is 0.324. The van der Waals surface area contributed by atoms with Crippen molar-refractivity contribution < 1.29 is 8.42 Å². The zero-order valence-corrected chi connectivity index (χ0v) is 13.7. The summed E-state index contributed by atoms with van der Waals surface area (Å²) < 4.78 is 27.4. The molecule has 0 aliphatic heterocycles. The Morgan fingerprint density at radius 3 is 2.50 bits per heavy atom. The smallest absolute Gasteiger partial charge is 0.243 e. The van der Waals surface area contributed by atoms with Gasteiger partial charge in [-0.05, 0) is 44.4 Å². The molecule has 0 saturated heterocycles. The third-order valence-corrected chi connectivity index (χ3v) is 5.77. The van der Waals surface area contributed by atoms with Crippen LogP contribution < -0.4 is 5.73 Å². The van der Waals surface area contributed by atoms with E-state index in [0.717, 1.165) is 24.8 Å². The Bertz CT molecular complexity index is 541. The molecule has 1 unspecified atom stereocenters. The van der Waals surface area contributed by atoms with Crippen LogP contribution in [0.25, 0.3) is 0 Å². The number of hydrogen-bond acceptors (Lipinski definition) is 3. The number of nitrogens with two attached hydrogens (primary N) is 1. The lowest BCUT2D eigenvalue weighted by atomic mass is 10.2. The lowest BCUT2D eigenvalue weighted by Crippen LogP contribution is -2.39. The first kappa shape index (κ1) is 17.0. The quantitative estimate of drug-likeness (QED) is 0.786. The number of hydrogen-bond donors (Lipinski definition) is 1. The summed E-state index contributed by atoms with van der Waals surface area (Å²) in [5.74, 6) is 0. The molecule has 20 heavy (non-hydrogen) atoms. The summed E-state index contributed by atoms with van der Waals surface area (Å²) in [5.41, 5.74) is 6.97. The van der Waals surface area contributed by atoms with Gasteiger partial charge in [-0.15, -0.1) is 0 Å². The fraction of sp³-hybridized carbons (Fsp3) is 0.600. The van der Waals surface area contributed by atoms with Gasteiger partial charge < -0.3 is 5.73 Å². The Kier molecular flexibility index (Phi) is 6.02. The average Bonchev–Trinajstić information content (AvgIpc) is 2.41. The molecule has 5 heteroatoms. The van der Waals surface area contributed by atoms with Crippen LogP contribution in [0.3, 0.4) is 0 Å². The van der Waals surface area contributed by atoms with Crippen LogP contribution in [-0.4, -0.2) is 25.3 Å². The van der Waals surface area contributed by atoms with Crippen molar-refractivity contribution in [3.05, 3.63) is 23.8 Å². The van der Waals surface area contributed by atoms with E-state index in [0.29, 0.717) is 17.1 Å². The van der Waals surface area contributed by atoms with Gasteiger partial charge in [0, 0.05) is 18.3 Å². The molecule has 0 amide bonds. The van der Waals surface area contributed by atoms with Crippen LogP contribution in [0.5, 0.6) is 0 Å². The molecule has 1 aromatic carbocycles. The maximum atomic E-state index is 12.9. The molecule has 4 nitrogen and oxygen atoms in total. The highest BCUT2D eigenvalue weighted by molar-refractivity contribution is 7.89. The van der Waals surface area contributed by atoms with Crippen LogP contribution in [-0.2, 0) is 10.0 Å². The van der Waals surface area contributed by atoms with Gasteiger partial charge in [-0.25, -0.2) is 8.42 Å². The zero-order chi connectivity index (χ0) is 15.3. The first-order valence-electron chi connectivity index (χ1n) is 7.22. The highest BCUT2D eigenvalue weighted by atomic mass is 32.2. The number of nitrogen functional groups attached to an aromatic ring is 1. The van der Waals surface area contributed by atoms with Crippen molar-refractivity contribution in [2.75, 3.05) is 12.3 Å². The van der Waals surface area contributed by atoms with Crippen LogP contribution >= 0.6 is 0 Å². The third-order valence-electron chi connectivity index (χ3n) is 3.61. The fourth-order valence-electron chi connectivity index (χ4n) is 2.12. The number of aryl methyl sites for hydroxylation is 1. The SMILES string of the molecule is CCCCN(C(C)CC)S(=O)(=O)c1cc(N)ccc1C. The Hall–Kier alpha value is -1.07. The van der Waals surface area contributed by atoms with E-state index in [1.165, 1.54) is 0 Å². The summed E-state index contributed by atoms with van der Waals surface area (Å²) in [6, 6.07) is 5.05. The first-order valence-corrected chi connectivity index (χ1v) is 8.66. The number of benzene rings is 1. The molecule has 0 bridgehead atoms. The van der Waals surface area contributed by atoms with Gasteiger partial charge in [0.25, 0.3) is 0 Å². The Balaban J connectivity index is 3.24. The molecule has 0 radical (unpaired) electrons. The molecule has 0 fully saturated rings. The molecule has 2 N–H and O–H groups in total. The number of rotatable bonds is 7. The minimum absolute atomic E-state index is 0.00705. The van der Waals surface area contributed by atoms with Crippen LogP contribution in [0.15, 0.2) is 23.1 Å². The van der Waals surface area contributed by atoms with E-state index >= 15 is 0 Å². The second kappa shape index (κ2) is 7.09. The normalized spacial score (nSPS) is 13.7. The number of nitrogens with zero attached hydrogens (tertiary/aromatic N) is 1. The molecule has 0 saturated carbocycles. The monoisotopic (exact) mass is 298 g/mol. The van der Waals surface area contributed by atoms with Crippen LogP contribution in [0, 0.1) is 6.92 Å². The van der Waals surface area contributed by atoms with Crippen LogP contribution in [0.2, 0.25) is 0 Å². The number of sulfonamides is 1. The molecule has 0 spiro atoms. The molecule has 1 rings (SSSR count). The largest absolute Gasteiger partial charge is 0.399 e. The second-order valence-corrected chi connectivity index (χ2v) is 7.11. The summed E-state index contributed by atoms with van der Waals surface area (Å²) in [6.07, 6.45) is 2.63. The second-order valence-electron chi connectivity index (χ2n) is 5.25. The van der Waals surface area contributed by atoms with Crippen molar-refractivity contribution in [1.29, 1.82) is 0 Å². The summed E-state index contributed by atoms with van der Waals surface area (Å²) >= 11 is 0. The van der Waals surface area contributed by atoms with E-state index in [-0.39, 0.29) is 6.04 Å². The first-order chi connectivity index (χ1) is 9.34. The molecule has 114 valence electrons. The van der Waals surface area contributed by atoms with Crippen molar-refractivity contribution >= 4 is 15.7 Å². The molecule has 0 aromatic heterocycles. The van der Waals surface area contributed by atoms with Gasteiger partial charge in [0.2, 0.25) is 10.0 Å². The van der Waals surface area contributed by atoms with Gasteiger partial charge in [0.05, 0.1) is 4.90 Å². The maximum Gasteiger partial charge on any atom is 0.243 e. The van der Waals surface area contributed by atoms with Gasteiger partial charge in [-0.2, -0.15) is 4.31 Å². The molecular formula is C15H26N2O2S. The van der Waals surface area contributed by atoms with Crippen molar-refractivity contribution in [3.8, 4) is 0 Å². The van der Waals surface area contributed by atoms with Crippen molar-refractivity contribution in [3.63, 3.8) is 0 Å². The maximum absolute atomic E-state index is 12.9. The Morgan fingerprint density at radius 2 is 1.95 bits per heavy atom. The van der Waals surface area contributed by atoms with E-state index in [9.17, 15) is 8.42 Å².